The highest BCUT2D eigenvalue weighted by Gasteiger charge is 2.11. The van der Waals surface area contributed by atoms with Crippen molar-refractivity contribution in [2.24, 2.45) is 0 Å². The Morgan fingerprint density at radius 2 is 1.67 bits per heavy atom. The monoisotopic (exact) mass is 333 g/mol. The van der Waals surface area contributed by atoms with E-state index < -0.39 is 0 Å². The molecule has 5 heteroatoms. The van der Waals surface area contributed by atoms with Gasteiger partial charge in [-0.2, -0.15) is 0 Å². The summed E-state index contributed by atoms with van der Waals surface area (Å²) in [6, 6.07) is 22.0. The molecule has 0 atom stereocenters. The molecule has 118 valence electrons. The molecule has 4 aromatic rings. The van der Waals surface area contributed by atoms with Gasteiger partial charge in [0.05, 0.1) is 11.9 Å². The number of aromatic nitrogens is 3. The number of nitrogens with zero attached hydrogens (tertiary/aromatic N) is 3. The van der Waals surface area contributed by atoms with E-state index in [1.807, 2.05) is 54.6 Å². The molecule has 0 unspecified atom stereocenters. The zero-order valence-electron chi connectivity index (χ0n) is 12.9. The Labute approximate surface area is 143 Å². The van der Waals surface area contributed by atoms with Crippen molar-refractivity contribution in [1.82, 2.24) is 15.0 Å². The van der Waals surface area contributed by atoms with Gasteiger partial charge in [0, 0.05) is 4.88 Å². The van der Waals surface area contributed by atoms with E-state index in [2.05, 4.69) is 22.4 Å². The van der Waals surface area contributed by atoms with Crippen molar-refractivity contribution < 1.29 is 0 Å². The summed E-state index contributed by atoms with van der Waals surface area (Å²) in [6.07, 6.45) is 0.761. The van der Waals surface area contributed by atoms with Crippen LogP contribution in [0.4, 0.5) is 0 Å². The molecule has 2 aromatic carbocycles. The van der Waals surface area contributed by atoms with Crippen molar-refractivity contribution in [3.8, 4) is 10.4 Å². The number of benzene rings is 2. The fourth-order valence-corrected chi connectivity index (χ4v) is 3.63. The first-order valence-electron chi connectivity index (χ1n) is 7.78. The molecule has 0 spiro atoms. The predicted octanol–water partition coefficient (Wildman–Crippen LogP) is 3.76. The highest BCUT2D eigenvalue weighted by atomic mass is 32.1. The molecule has 0 aliphatic carbocycles. The number of thiophene rings is 1. The first-order chi connectivity index (χ1) is 11.8. The minimum absolute atomic E-state index is 0.0747. The van der Waals surface area contributed by atoms with Crippen molar-refractivity contribution in [3.63, 3.8) is 0 Å². The fraction of sp³-hybridized carbons (Fsp3) is 0.105. The third-order valence-corrected chi connectivity index (χ3v) is 5.00. The van der Waals surface area contributed by atoms with Crippen molar-refractivity contribution in [1.29, 1.82) is 0 Å². The first kappa shape index (κ1) is 14.8. The fourth-order valence-electron chi connectivity index (χ4n) is 2.65. The average molecular weight is 333 g/mol. The average Bonchev–Trinajstić information content (AvgIpc) is 3.08. The van der Waals surface area contributed by atoms with Gasteiger partial charge in [-0.05, 0) is 23.6 Å². The van der Waals surface area contributed by atoms with E-state index in [-0.39, 0.29) is 5.56 Å². The number of hydrogen-bond acceptors (Lipinski definition) is 4. The molecule has 0 bridgehead atoms. The van der Waals surface area contributed by atoms with Crippen LogP contribution in [-0.4, -0.2) is 15.0 Å². The molecule has 0 radical (unpaired) electrons. The summed E-state index contributed by atoms with van der Waals surface area (Å²) in [5.74, 6) is 0. The Morgan fingerprint density at radius 3 is 2.42 bits per heavy atom. The van der Waals surface area contributed by atoms with Crippen LogP contribution >= 0.6 is 11.3 Å². The third kappa shape index (κ3) is 2.86. The second-order valence-corrected chi connectivity index (χ2v) is 6.58. The minimum Gasteiger partial charge on any atom is -0.267 e. The van der Waals surface area contributed by atoms with Crippen LogP contribution in [0.3, 0.4) is 0 Å². The Bertz CT molecular complexity index is 1020. The van der Waals surface area contributed by atoms with E-state index in [1.165, 1.54) is 21.6 Å². The quantitative estimate of drug-likeness (QED) is 0.571. The Kier molecular flexibility index (Phi) is 3.92. The largest absolute Gasteiger partial charge is 0.278 e. The molecule has 0 aliphatic rings. The van der Waals surface area contributed by atoms with Gasteiger partial charge < -0.3 is 0 Å². The Morgan fingerprint density at radius 1 is 0.958 bits per heavy atom. The smallest absolute Gasteiger partial charge is 0.267 e. The third-order valence-electron chi connectivity index (χ3n) is 3.93. The predicted molar refractivity (Wildman–Crippen MR) is 97.3 cm³/mol. The molecule has 0 amide bonds. The van der Waals surface area contributed by atoms with Gasteiger partial charge in [-0.25, -0.2) is 4.68 Å². The lowest BCUT2D eigenvalue weighted by molar-refractivity contribution is 0.550. The molecule has 2 aromatic heterocycles. The van der Waals surface area contributed by atoms with Crippen molar-refractivity contribution >= 4 is 21.6 Å². The minimum atomic E-state index is -0.0747. The van der Waals surface area contributed by atoms with Gasteiger partial charge in [-0.15, -0.1) is 16.4 Å². The van der Waals surface area contributed by atoms with Crippen LogP contribution < -0.4 is 5.56 Å². The van der Waals surface area contributed by atoms with E-state index >= 15 is 0 Å². The summed E-state index contributed by atoms with van der Waals surface area (Å²) in [5, 5.41) is 8.97. The van der Waals surface area contributed by atoms with Crippen molar-refractivity contribution in [2.45, 2.75) is 13.0 Å². The molecule has 0 aliphatic heterocycles. The van der Waals surface area contributed by atoms with Gasteiger partial charge >= 0.3 is 0 Å². The summed E-state index contributed by atoms with van der Waals surface area (Å²) in [4.78, 5) is 14.4. The zero-order chi connectivity index (χ0) is 16.4. The number of aryl methyl sites for hydroxylation is 2. The summed E-state index contributed by atoms with van der Waals surface area (Å²) < 4.78 is 1.46. The van der Waals surface area contributed by atoms with Crippen molar-refractivity contribution in [2.75, 3.05) is 0 Å². The highest BCUT2D eigenvalue weighted by Crippen LogP contribution is 2.30. The molecule has 0 N–H and O–H groups in total. The maximum absolute atomic E-state index is 12.7. The lowest BCUT2D eigenvalue weighted by atomic mass is 10.1. The van der Waals surface area contributed by atoms with E-state index in [0.717, 1.165) is 16.9 Å². The second kappa shape index (κ2) is 6.37. The topological polar surface area (TPSA) is 47.8 Å². The lowest BCUT2D eigenvalue weighted by Gasteiger charge is -2.03. The number of fused-ring (bicyclic) bond motifs is 1. The lowest BCUT2D eigenvalue weighted by Crippen LogP contribution is -2.24. The van der Waals surface area contributed by atoms with E-state index in [9.17, 15) is 4.79 Å². The standard InChI is InChI=1S/C19H15N3OS/c23-19-16-13-17(15-9-5-2-6-10-15)24-18(16)20-21-22(19)12-11-14-7-3-1-4-8-14/h1-10,13H,11-12H2. The number of rotatable bonds is 4. The summed E-state index contributed by atoms with van der Waals surface area (Å²) in [7, 11) is 0. The van der Waals surface area contributed by atoms with Gasteiger partial charge in [-0.1, -0.05) is 65.9 Å². The van der Waals surface area contributed by atoms with Crippen molar-refractivity contribution in [3.05, 3.63) is 82.6 Å². The molecular formula is C19H15N3OS. The second-order valence-electron chi connectivity index (χ2n) is 5.55. The van der Waals surface area contributed by atoms with Gasteiger partial charge in [0.25, 0.3) is 5.56 Å². The van der Waals surface area contributed by atoms with Gasteiger partial charge in [0.15, 0.2) is 4.83 Å². The summed E-state index contributed by atoms with van der Waals surface area (Å²) in [5.41, 5.74) is 2.20. The van der Waals surface area contributed by atoms with Crippen LogP contribution in [0.2, 0.25) is 0 Å². The SMILES string of the molecule is O=c1c2cc(-c3ccccc3)sc2nnn1CCc1ccccc1. The van der Waals surface area contributed by atoms with Crippen LogP contribution in [-0.2, 0) is 13.0 Å². The van der Waals surface area contributed by atoms with Crippen LogP contribution in [0, 0.1) is 0 Å². The maximum atomic E-state index is 12.7. The molecule has 0 fully saturated rings. The van der Waals surface area contributed by atoms with Gasteiger partial charge in [0.1, 0.15) is 0 Å². The normalized spacial score (nSPS) is 11.0. The van der Waals surface area contributed by atoms with Crippen LogP contribution in [0.15, 0.2) is 71.5 Å². The van der Waals surface area contributed by atoms with E-state index in [1.54, 1.807) is 0 Å². The molecule has 4 nitrogen and oxygen atoms in total. The van der Waals surface area contributed by atoms with Gasteiger partial charge in [-0.3, -0.25) is 4.79 Å². The van der Waals surface area contributed by atoms with Crippen LogP contribution in [0.25, 0.3) is 20.7 Å². The maximum Gasteiger partial charge on any atom is 0.278 e. The molecule has 2 heterocycles. The molecular weight excluding hydrogens is 318 g/mol. The zero-order valence-corrected chi connectivity index (χ0v) is 13.7. The molecule has 0 saturated carbocycles. The van der Waals surface area contributed by atoms with Crippen LogP contribution in [0.5, 0.6) is 0 Å². The van der Waals surface area contributed by atoms with Crippen LogP contribution in [0.1, 0.15) is 5.56 Å². The van der Waals surface area contributed by atoms with E-state index in [0.29, 0.717) is 16.8 Å². The molecule has 24 heavy (non-hydrogen) atoms. The molecule has 0 saturated heterocycles. The Balaban J connectivity index is 1.66. The number of hydrogen-bond donors (Lipinski definition) is 0. The molecule has 4 rings (SSSR count). The highest BCUT2D eigenvalue weighted by molar-refractivity contribution is 7.21. The van der Waals surface area contributed by atoms with E-state index in [4.69, 9.17) is 0 Å². The summed E-state index contributed by atoms with van der Waals surface area (Å²) >= 11 is 1.50. The summed E-state index contributed by atoms with van der Waals surface area (Å²) in [6.45, 7) is 0.530. The van der Waals surface area contributed by atoms with Gasteiger partial charge in [0.2, 0.25) is 0 Å². The first-order valence-corrected chi connectivity index (χ1v) is 8.59. The Hall–Kier alpha value is -2.79.